The van der Waals surface area contributed by atoms with Crippen LogP contribution in [0.2, 0.25) is 0 Å². The Morgan fingerprint density at radius 2 is 2.06 bits per heavy atom. The summed E-state index contributed by atoms with van der Waals surface area (Å²) in [4.78, 5) is 15.9. The third-order valence-electron chi connectivity index (χ3n) is 2.46. The lowest BCUT2D eigenvalue weighted by molar-refractivity contribution is 0.102. The zero-order valence-corrected chi connectivity index (χ0v) is 9.34. The first-order valence-electron chi connectivity index (χ1n) is 5.19. The summed E-state index contributed by atoms with van der Waals surface area (Å²) < 4.78 is 0. The molecule has 1 aromatic carbocycles. The highest BCUT2D eigenvalue weighted by molar-refractivity contribution is 6.05. The van der Waals surface area contributed by atoms with Gasteiger partial charge < -0.3 is 10.4 Å². The van der Waals surface area contributed by atoms with Crippen LogP contribution < -0.4 is 5.32 Å². The highest BCUT2D eigenvalue weighted by atomic mass is 16.3. The number of carbonyl (C=O) groups is 1. The van der Waals surface area contributed by atoms with Crippen LogP contribution in [-0.4, -0.2) is 16.0 Å². The molecule has 0 aliphatic carbocycles. The average molecular weight is 228 g/mol. The van der Waals surface area contributed by atoms with E-state index in [2.05, 4.69) is 10.3 Å². The number of benzene rings is 1. The van der Waals surface area contributed by atoms with E-state index in [1.807, 2.05) is 0 Å². The molecule has 1 heterocycles. The molecule has 0 fully saturated rings. The molecule has 0 radical (unpaired) electrons. The lowest BCUT2D eigenvalue weighted by Crippen LogP contribution is -2.14. The molecule has 0 saturated carbocycles. The Bertz CT molecular complexity index is 538. The number of aromatic nitrogens is 1. The summed E-state index contributed by atoms with van der Waals surface area (Å²) in [5.74, 6) is 0.316. The van der Waals surface area contributed by atoms with Crippen molar-refractivity contribution in [2.24, 2.45) is 0 Å². The van der Waals surface area contributed by atoms with Gasteiger partial charge in [0.15, 0.2) is 0 Å². The Morgan fingerprint density at radius 1 is 1.24 bits per heavy atom. The molecule has 4 nitrogen and oxygen atoms in total. The number of rotatable bonds is 2. The summed E-state index contributed by atoms with van der Waals surface area (Å²) in [7, 11) is 0. The first kappa shape index (κ1) is 11.1. The van der Waals surface area contributed by atoms with E-state index in [1.165, 1.54) is 0 Å². The molecule has 17 heavy (non-hydrogen) atoms. The number of nitrogens with zero attached hydrogens (tertiary/aromatic N) is 1. The van der Waals surface area contributed by atoms with E-state index in [-0.39, 0.29) is 11.7 Å². The largest absolute Gasteiger partial charge is 0.508 e. The summed E-state index contributed by atoms with van der Waals surface area (Å²) >= 11 is 0. The van der Waals surface area contributed by atoms with Crippen LogP contribution in [0.3, 0.4) is 0 Å². The number of hydrogen-bond acceptors (Lipinski definition) is 3. The van der Waals surface area contributed by atoms with E-state index in [0.717, 1.165) is 0 Å². The predicted octanol–water partition coefficient (Wildman–Crippen LogP) is 2.35. The number of nitrogens with one attached hydrogen (secondary N) is 1. The maximum absolute atomic E-state index is 11.9. The van der Waals surface area contributed by atoms with Crippen LogP contribution in [0.4, 0.5) is 5.82 Å². The second-order valence-electron chi connectivity index (χ2n) is 3.62. The summed E-state index contributed by atoms with van der Waals surface area (Å²) in [6.07, 6.45) is 1.60. The summed E-state index contributed by atoms with van der Waals surface area (Å²) in [5.41, 5.74) is 0.997. The van der Waals surface area contributed by atoms with Crippen LogP contribution in [0.5, 0.6) is 5.75 Å². The van der Waals surface area contributed by atoms with Crippen molar-refractivity contribution < 1.29 is 9.90 Å². The minimum absolute atomic E-state index is 0.110. The van der Waals surface area contributed by atoms with Gasteiger partial charge in [-0.05, 0) is 31.2 Å². The number of phenols is 1. The lowest BCUT2D eigenvalue weighted by atomic mass is 10.1. The van der Waals surface area contributed by atoms with E-state index in [9.17, 15) is 9.90 Å². The molecule has 2 N–H and O–H groups in total. The Balaban J connectivity index is 2.24. The van der Waals surface area contributed by atoms with Gasteiger partial charge >= 0.3 is 0 Å². The van der Waals surface area contributed by atoms with Crippen molar-refractivity contribution in [1.29, 1.82) is 0 Å². The second kappa shape index (κ2) is 4.65. The van der Waals surface area contributed by atoms with Gasteiger partial charge in [-0.15, -0.1) is 0 Å². The average Bonchev–Trinajstić information content (AvgIpc) is 2.34. The van der Waals surface area contributed by atoms with E-state index < -0.39 is 0 Å². The summed E-state index contributed by atoms with van der Waals surface area (Å²) in [5, 5.41) is 12.2. The second-order valence-corrected chi connectivity index (χ2v) is 3.62. The third kappa shape index (κ3) is 2.42. The molecule has 86 valence electrons. The zero-order chi connectivity index (χ0) is 12.3. The van der Waals surface area contributed by atoms with Gasteiger partial charge in [0, 0.05) is 17.3 Å². The number of anilines is 1. The highest BCUT2D eigenvalue weighted by Crippen LogP contribution is 2.20. The standard InChI is InChI=1S/C13H12N2O2/c1-9-10(5-4-6-11(9)16)13(17)15-12-7-2-3-8-14-12/h2-8,16H,1H3,(H,14,15,17). The molecule has 0 aliphatic heterocycles. The number of carbonyl (C=O) groups excluding carboxylic acids is 1. The molecular formula is C13H12N2O2. The molecule has 1 amide bonds. The first-order valence-corrected chi connectivity index (χ1v) is 5.19. The van der Waals surface area contributed by atoms with Gasteiger partial charge in [0.25, 0.3) is 5.91 Å². The van der Waals surface area contributed by atoms with Crippen LogP contribution >= 0.6 is 0 Å². The van der Waals surface area contributed by atoms with E-state index in [4.69, 9.17) is 0 Å². The topological polar surface area (TPSA) is 62.2 Å². The SMILES string of the molecule is Cc1c(O)cccc1C(=O)Nc1ccccn1. The van der Waals surface area contributed by atoms with Crippen molar-refractivity contribution >= 4 is 11.7 Å². The van der Waals surface area contributed by atoms with Gasteiger partial charge in [0.05, 0.1) is 0 Å². The Morgan fingerprint density at radius 3 is 2.76 bits per heavy atom. The highest BCUT2D eigenvalue weighted by Gasteiger charge is 2.11. The maximum Gasteiger partial charge on any atom is 0.257 e. The molecule has 2 aromatic rings. The van der Waals surface area contributed by atoms with Gasteiger partial charge in [0.2, 0.25) is 0 Å². The van der Waals surface area contributed by atoms with Crippen LogP contribution in [0, 0.1) is 6.92 Å². The minimum Gasteiger partial charge on any atom is -0.508 e. The van der Waals surface area contributed by atoms with Crippen LogP contribution in [0.25, 0.3) is 0 Å². The van der Waals surface area contributed by atoms with Crippen molar-refractivity contribution in [3.63, 3.8) is 0 Å². The quantitative estimate of drug-likeness (QED) is 0.829. The maximum atomic E-state index is 11.9. The number of pyridine rings is 1. The van der Waals surface area contributed by atoms with E-state index >= 15 is 0 Å². The Kier molecular flexibility index (Phi) is 3.05. The van der Waals surface area contributed by atoms with E-state index in [0.29, 0.717) is 16.9 Å². The van der Waals surface area contributed by atoms with Crippen molar-refractivity contribution in [3.05, 3.63) is 53.7 Å². The smallest absolute Gasteiger partial charge is 0.257 e. The fourth-order valence-electron chi connectivity index (χ4n) is 1.49. The molecule has 0 spiro atoms. The van der Waals surface area contributed by atoms with Crippen LogP contribution in [0.1, 0.15) is 15.9 Å². The van der Waals surface area contributed by atoms with Crippen LogP contribution in [-0.2, 0) is 0 Å². The Hall–Kier alpha value is -2.36. The van der Waals surface area contributed by atoms with Crippen LogP contribution in [0.15, 0.2) is 42.6 Å². The third-order valence-corrected chi connectivity index (χ3v) is 2.46. The molecular weight excluding hydrogens is 216 g/mol. The van der Waals surface area contributed by atoms with Gasteiger partial charge in [-0.1, -0.05) is 12.1 Å². The number of amides is 1. The molecule has 0 atom stereocenters. The normalized spacial score (nSPS) is 9.94. The molecule has 1 aromatic heterocycles. The molecule has 0 unspecified atom stereocenters. The van der Waals surface area contributed by atoms with Crippen molar-refractivity contribution in [1.82, 2.24) is 4.98 Å². The molecule has 0 aliphatic rings. The molecule has 0 saturated heterocycles. The van der Waals surface area contributed by atoms with E-state index in [1.54, 1.807) is 49.5 Å². The van der Waals surface area contributed by atoms with Gasteiger partial charge in [0.1, 0.15) is 11.6 Å². The van der Waals surface area contributed by atoms with Crippen molar-refractivity contribution in [2.75, 3.05) is 5.32 Å². The fourth-order valence-corrected chi connectivity index (χ4v) is 1.49. The lowest BCUT2D eigenvalue weighted by Gasteiger charge is -2.07. The fraction of sp³-hybridized carbons (Fsp3) is 0.0769. The number of phenolic OH excluding ortho intramolecular Hbond substituents is 1. The van der Waals surface area contributed by atoms with Crippen molar-refractivity contribution in [3.8, 4) is 5.75 Å². The molecule has 0 bridgehead atoms. The minimum atomic E-state index is -0.280. The zero-order valence-electron chi connectivity index (χ0n) is 9.34. The first-order chi connectivity index (χ1) is 8.18. The predicted molar refractivity (Wildman–Crippen MR) is 65.0 cm³/mol. The molecule has 2 rings (SSSR count). The van der Waals surface area contributed by atoms with Gasteiger partial charge in [-0.3, -0.25) is 4.79 Å². The number of hydrogen-bond donors (Lipinski definition) is 2. The summed E-state index contributed by atoms with van der Waals surface area (Å²) in [6, 6.07) is 10.1. The van der Waals surface area contributed by atoms with Crippen molar-refractivity contribution in [2.45, 2.75) is 6.92 Å². The number of aromatic hydroxyl groups is 1. The molecule has 4 heteroatoms. The monoisotopic (exact) mass is 228 g/mol. The summed E-state index contributed by atoms with van der Waals surface area (Å²) in [6.45, 7) is 1.70. The van der Waals surface area contributed by atoms with Gasteiger partial charge in [-0.25, -0.2) is 4.98 Å². The van der Waals surface area contributed by atoms with Gasteiger partial charge in [-0.2, -0.15) is 0 Å². The Labute approximate surface area is 98.9 Å².